The van der Waals surface area contributed by atoms with Gasteiger partial charge in [-0.3, -0.25) is 0 Å². The third-order valence-electron chi connectivity index (χ3n) is 0.688. The molecule has 0 amide bonds. The monoisotopic (exact) mass is 310 g/mol. The Morgan fingerprint density at radius 2 is 1.06 bits per heavy atom. The van der Waals surface area contributed by atoms with Gasteiger partial charge in [-0.05, 0) is 27.7 Å². The SMILES string of the molecule is CC(C)OP([O-])(O)=S.CC(C)OP([O-])(O)=S. The summed E-state index contributed by atoms with van der Waals surface area (Å²) in [4.78, 5) is 37.0. The van der Waals surface area contributed by atoms with Crippen LogP contribution in [0.2, 0.25) is 0 Å². The average molecular weight is 310 g/mol. The summed E-state index contributed by atoms with van der Waals surface area (Å²) in [5.74, 6) is 0. The minimum absolute atomic E-state index is 0.275. The molecule has 0 fully saturated rings. The molecule has 2 atom stereocenters. The van der Waals surface area contributed by atoms with Crippen LogP contribution in [0.1, 0.15) is 27.7 Å². The maximum absolute atomic E-state index is 10.2. The highest BCUT2D eigenvalue weighted by atomic mass is 32.5. The molecule has 0 aromatic heterocycles. The number of hydrogen-bond acceptors (Lipinski definition) is 6. The molecule has 0 aromatic carbocycles. The van der Waals surface area contributed by atoms with Crippen molar-refractivity contribution in [3.63, 3.8) is 0 Å². The molecule has 0 aliphatic rings. The van der Waals surface area contributed by atoms with Gasteiger partial charge in [-0.2, -0.15) is 0 Å². The zero-order valence-corrected chi connectivity index (χ0v) is 12.8. The van der Waals surface area contributed by atoms with E-state index in [1.165, 1.54) is 0 Å². The molecule has 2 N–H and O–H groups in total. The molecular formula is C6H16O6P2S2-2. The van der Waals surface area contributed by atoms with Gasteiger partial charge in [0.2, 0.25) is 0 Å². The van der Waals surface area contributed by atoms with E-state index in [2.05, 4.69) is 32.7 Å². The van der Waals surface area contributed by atoms with E-state index in [4.69, 9.17) is 9.79 Å². The largest absolute Gasteiger partial charge is 0.780 e. The minimum atomic E-state index is -3.64. The van der Waals surface area contributed by atoms with Crippen LogP contribution >= 0.6 is 13.4 Å². The van der Waals surface area contributed by atoms with Gasteiger partial charge in [-0.15, -0.1) is 0 Å². The maximum Gasteiger partial charge on any atom is 0.112 e. The molecule has 6 nitrogen and oxygen atoms in total. The molecule has 0 saturated carbocycles. The molecule has 0 spiro atoms. The molecular weight excluding hydrogens is 294 g/mol. The highest BCUT2D eigenvalue weighted by Gasteiger charge is 1.98. The summed E-state index contributed by atoms with van der Waals surface area (Å²) < 4.78 is 8.73. The minimum Gasteiger partial charge on any atom is -0.780 e. The Bertz CT molecular complexity index is 242. The Morgan fingerprint density at radius 1 is 0.875 bits per heavy atom. The van der Waals surface area contributed by atoms with E-state index in [-0.39, 0.29) is 12.2 Å². The molecule has 0 heterocycles. The Balaban J connectivity index is 0. The average Bonchev–Trinajstić information content (AvgIpc) is 1.72. The van der Waals surface area contributed by atoms with Crippen LogP contribution in [-0.4, -0.2) is 22.0 Å². The van der Waals surface area contributed by atoms with Crippen LogP contribution in [0.3, 0.4) is 0 Å². The van der Waals surface area contributed by atoms with E-state index in [0.717, 1.165) is 0 Å². The fraction of sp³-hybridized carbons (Fsp3) is 1.00. The lowest BCUT2D eigenvalue weighted by Gasteiger charge is -2.22. The van der Waals surface area contributed by atoms with Crippen molar-refractivity contribution in [3.8, 4) is 0 Å². The van der Waals surface area contributed by atoms with Crippen molar-refractivity contribution < 1.29 is 28.6 Å². The highest BCUT2D eigenvalue weighted by molar-refractivity contribution is 8.06. The van der Waals surface area contributed by atoms with E-state index in [9.17, 15) is 9.79 Å². The second-order valence-corrected chi connectivity index (χ2v) is 8.31. The Labute approximate surface area is 106 Å². The summed E-state index contributed by atoms with van der Waals surface area (Å²) in [5, 5.41) is 0. The van der Waals surface area contributed by atoms with Crippen LogP contribution in [-0.2, 0) is 32.7 Å². The fourth-order valence-corrected chi connectivity index (χ4v) is 2.63. The van der Waals surface area contributed by atoms with E-state index in [0.29, 0.717) is 0 Å². The first-order chi connectivity index (χ1) is 6.83. The second-order valence-electron chi connectivity index (χ2n) is 3.25. The van der Waals surface area contributed by atoms with Crippen molar-refractivity contribution in [2.24, 2.45) is 0 Å². The van der Waals surface area contributed by atoms with Gasteiger partial charge in [0.15, 0.2) is 0 Å². The van der Waals surface area contributed by atoms with Crippen molar-refractivity contribution in [2.45, 2.75) is 39.9 Å². The molecule has 100 valence electrons. The lowest BCUT2D eigenvalue weighted by Crippen LogP contribution is -2.08. The molecule has 16 heavy (non-hydrogen) atoms. The lowest BCUT2D eigenvalue weighted by molar-refractivity contribution is -0.205. The van der Waals surface area contributed by atoms with E-state index >= 15 is 0 Å². The van der Waals surface area contributed by atoms with E-state index in [1.807, 2.05) is 0 Å². The zero-order chi connectivity index (χ0) is 13.6. The summed E-state index contributed by atoms with van der Waals surface area (Å²) >= 11 is 8.10. The van der Waals surface area contributed by atoms with Crippen LogP contribution in [0.25, 0.3) is 0 Å². The molecule has 0 aliphatic heterocycles. The third kappa shape index (κ3) is 24.3. The van der Waals surface area contributed by atoms with Gasteiger partial charge in [0, 0.05) is 0 Å². The van der Waals surface area contributed by atoms with Crippen LogP contribution in [0.15, 0.2) is 0 Å². The third-order valence-corrected chi connectivity index (χ3v) is 2.58. The molecule has 0 aromatic rings. The standard InChI is InChI=1S/2C3H9O3PS/c2*1-3(2)6-7(4,5)8/h2*3H,1-2H3,(H2,4,5,8)/p-2. The van der Waals surface area contributed by atoms with Crippen LogP contribution in [0, 0.1) is 0 Å². The zero-order valence-electron chi connectivity index (χ0n) is 9.39. The smallest absolute Gasteiger partial charge is 0.112 e. The number of hydrogen-bond donors (Lipinski definition) is 2. The van der Waals surface area contributed by atoms with E-state index < -0.39 is 13.4 Å². The van der Waals surface area contributed by atoms with Crippen LogP contribution in [0.5, 0.6) is 0 Å². The van der Waals surface area contributed by atoms with Gasteiger partial charge in [0.1, 0.15) is 13.4 Å². The predicted octanol–water partition coefficient (Wildman–Crippen LogP) is -0.0230. The molecule has 0 saturated heterocycles. The van der Waals surface area contributed by atoms with Gasteiger partial charge in [0.25, 0.3) is 0 Å². The van der Waals surface area contributed by atoms with Crippen molar-refractivity contribution in [1.29, 1.82) is 0 Å². The van der Waals surface area contributed by atoms with Gasteiger partial charge < -0.3 is 28.6 Å². The van der Waals surface area contributed by atoms with Gasteiger partial charge in [0.05, 0.1) is 12.2 Å². The summed E-state index contributed by atoms with van der Waals surface area (Å²) in [6.45, 7) is -0.685. The first kappa shape index (κ1) is 19.4. The van der Waals surface area contributed by atoms with Crippen LogP contribution in [0.4, 0.5) is 0 Å². The Kier molecular flexibility index (Phi) is 9.96. The molecule has 0 radical (unpaired) electrons. The first-order valence-corrected chi connectivity index (χ1v) is 9.46. The maximum atomic E-state index is 10.2. The Morgan fingerprint density at radius 3 is 1.06 bits per heavy atom. The fourth-order valence-electron chi connectivity index (χ4n) is 0.533. The van der Waals surface area contributed by atoms with Gasteiger partial charge in [-0.1, -0.05) is 23.6 Å². The molecule has 2 unspecified atom stereocenters. The number of rotatable bonds is 4. The summed E-state index contributed by atoms with van der Waals surface area (Å²) in [6.07, 6.45) is -0.549. The van der Waals surface area contributed by atoms with Crippen molar-refractivity contribution >= 4 is 37.1 Å². The predicted molar refractivity (Wildman–Crippen MR) is 65.4 cm³/mol. The van der Waals surface area contributed by atoms with Crippen molar-refractivity contribution in [3.05, 3.63) is 0 Å². The first-order valence-electron chi connectivity index (χ1n) is 4.28. The second kappa shape index (κ2) is 8.21. The lowest BCUT2D eigenvalue weighted by atomic mass is 10.5. The summed E-state index contributed by atoms with van der Waals surface area (Å²) in [5.41, 5.74) is 0. The highest BCUT2D eigenvalue weighted by Crippen LogP contribution is 2.32. The molecule has 0 bridgehead atoms. The van der Waals surface area contributed by atoms with Crippen LogP contribution < -0.4 is 9.79 Å². The van der Waals surface area contributed by atoms with Crippen molar-refractivity contribution in [1.82, 2.24) is 0 Å². The van der Waals surface area contributed by atoms with Gasteiger partial charge >= 0.3 is 0 Å². The summed E-state index contributed by atoms with van der Waals surface area (Å²) in [6, 6.07) is 0. The normalized spacial score (nSPS) is 18.6. The molecule has 0 rings (SSSR count). The topological polar surface area (TPSA) is 105 Å². The summed E-state index contributed by atoms with van der Waals surface area (Å²) in [7, 11) is 0. The molecule has 10 heteroatoms. The molecule has 0 aliphatic carbocycles. The van der Waals surface area contributed by atoms with Crippen molar-refractivity contribution in [2.75, 3.05) is 0 Å². The Hall–Kier alpha value is 1.06. The quantitative estimate of drug-likeness (QED) is 0.698. The van der Waals surface area contributed by atoms with Gasteiger partial charge in [-0.25, -0.2) is 0 Å². The van der Waals surface area contributed by atoms with E-state index in [1.54, 1.807) is 27.7 Å².